The van der Waals surface area contributed by atoms with Crippen LogP contribution in [0, 0.1) is 12.7 Å². The molecule has 1 atom stereocenters. The summed E-state index contributed by atoms with van der Waals surface area (Å²) < 4.78 is 14.8. The average molecular weight is 394 g/mol. The highest BCUT2D eigenvalue weighted by Crippen LogP contribution is 2.24. The van der Waals surface area contributed by atoms with Crippen LogP contribution >= 0.6 is 23.1 Å². The van der Waals surface area contributed by atoms with Gasteiger partial charge in [0.2, 0.25) is 5.91 Å². The van der Waals surface area contributed by atoms with Gasteiger partial charge in [0, 0.05) is 42.8 Å². The van der Waals surface area contributed by atoms with Gasteiger partial charge >= 0.3 is 0 Å². The Labute approximate surface area is 162 Å². The van der Waals surface area contributed by atoms with Gasteiger partial charge in [0.25, 0.3) is 0 Å². The largest absolute Gasteiger partial charge is 0.341 e. The van der Waals surface area contributed by atoms with Gasteiger partial charge in [-0.2, -0.15) is 0 Å². The van der Waals surface area contributed by atoms with E-state index in [1.54, 1.807) is 17.4 Å². The zero-order valence-electron chi connectivity index (χ0n) is 15.2. The molecule has 0 bridgehead atoms. The number of halogens is 1. The van der Waals surface area contributed by atoms with E-state index in [1.807, 2.05) is 36.4 Å². The first-order valence-electron chi connectivity index (χ1n) is 8.79. The summed E-state index contributed by atoms with van der Waals surface area (Å²) in [5.74, 6) is 0.377. The van der Waals surface area contributed by atoms with Crippen molar-refractivity contribution >= 4 is 29.0 Å². The lowest BCUT2D eigenvalue weighted by atomic mass is 10.0. The second kappa shape index (κ2) is 8.97. The van der Waals surface area contributed by atoms with Crippen LogP contribution in [0.2, 0.25) is 0 Å². The van der Waals surface area contributed by atoms with E-state index < -0.39 is 0 Å². The molecule has 0 unspecified atom stereocenters. The van der Waals surface area contributed by atoms with Crippen molar-refractivity contribution in [2.24, 2.45) is 0 Å². The Morgan fingerprint density at radius 1 is 1.46 bits per heavy atom. The molecule has 0 spiro atoms. The summed E-state index contributed by atoms with van der Waals surface area (Å²) in [6.07, 6.45) is 2.02. The lowest BCUT2D eigenvalue weighted by molar-refractivity contribution is -0.130. The third-order valence-corrected chi connectivity index (χ3v) is 6.81. The van der Waals surface area contributed by atoms with Crippen molar-refractivity contribution < 1.29 is 9.18 Å². The van der Waals surface area contributed by atoms with Crippen molar-refractivity contribution in [3.05, 3.63) is 46.7 Å². The number of carbonyl (C=O) groups is 1. The van der Waals surface area contributed by atoms with Crippen LogP contribution in [0.5, 0.6) is 0 Å². The quantitative estimate of drug-likeness (QED) is 0.700. The predicted octanol–water partition coefficient (Wildman–Crippen LogP) is 3.81. The number of amides is 1. The fourth-order valence-electron chi connectivity index (χ4n) is 3.19. The van der Waals surface area contributed by atoms with Gasteiger partial charge in [-0.3, -0.25) is 9.69 Å². The van der Waals surface area contributed by atoms with Gasteiger partial charge in [-0.15, -0.1) is 11.3 Å². The Hall–Kier alpha value is -1.44. The average Bonchev–Trinajstić information content (AvgIpc) is 3.06. The molecular formula is C19H24FN3OS2. The molecule has 0 saturated carbocycles. The number of hydrogen-bond acceptors (Lipinski definition) is 5. The summed E-state index contributed by atoms with van der Waals surface area (Å²) in [5, 5.41) is 2.00. The van der Waals surface area contributed by atoms with Crippen LogP contribution < -0.4 is 0 Å². The zero-order valence-corrected chi connectivity index (χ0v) is 16.8. The zero-order chi connectivity index (χ0) is 18.5. The fraction of sp³-hybridized carbons (Fsp3) is 0.474. The van der Waals surface area contributed by atoms with Gasteiger partial charge in [-0.1, -0.05) is 30.0 Å². The SMILES string of the molecule is Cc1csc(SCC(=O)N(C)[C@@H]2CCCN(Cc3ccccc3F)C2)n1. The molecule has 0 radical (unpaired) electrons. The summed E-state index contributed by atoms with van der Waals surface area (Å²) in [6, 6.07) is 7.10. The molecule has 1 saturated heterocycles. The molecule has 1 aliphatic heterocycles. The molecule has 1 aliphatic rings. The number of benzene rings is 1. The van der Waals surface area contributed by atoms with Crippen molar-refractivity contribution in [2.45, 2.75) is 36.7 Å². The molecule has 1 aromatic carbocycles. The van der Waals surface area contributed by atoms with Gasteiger partial charge < -0.3 is 4.90 Å². The van der Waals surface area contributed by atoms with E-state index in [9.17, 15) is 9.18 Å². The normalized spacial score (nSPS) is 18.0. The Bertz CT molecular complexity index is 752. The number of rotatable bonds is 6. The number of aromatic nitrogens is 1. The minimum atomic E-state index is -0.158. The summed E-state index contributed by atoms with van der Waals surface area (Å²) in [4.78, 5) is 21.0. The highest BCUT2D eigenvalue weighted by Gasteiger charge is 2.26. The number of piperidine rings is 1. The number of thioether (sulfide) groups is 1. The lowest BCUT2D eigenvalue weighted by Gasteiger charge is -2.37. The smallest absolute Gasteiger partial charge is 0.233 e. The van der Waals surface area contributed by atoms with Crippen molar-refractivity contribution in [2.75, 3.05) is 25.9 Å². The maximum absolute atomic E-state index is 13.9. The number of likely N-dealkylation sites (tertiary alicyclic amines) is 1. The molecule has 1 fully saturated rings. The molecule has 3 rings (SSSR count). The number of aryl methyl sites for hydroxylation is 1. The maximum Gasteiger partial charge on any atom is 0.233 e. The van der Waals surface area contributed by atoms with Crippen molar-refractivity contribution in [3.63, 3.8) is 0 Å². The van der Waals surface area contributed by atoms with Gasteiger partial charge in [-0.25, -0.2) is 9.37 Å². The van der Waals surface area contributed by atoms with Crippen molar-refractivity contribution in [3.8, 4) is 0 Å². The maximum atomic E-state index is 13.9. The molecule has 7 heteroatoms. The molecule has 4 nitrogen and oxygen atoms in total. The van der Waals surface area contributed by atoms with Crippen LogP contribution in [0.25, 0.3) is 0 Å². The Morgan fingerprint density at radius 3 is 3.00 bits per heavy atom. The minimum absolute atomic E-state index is 0.126. The molecule has 0 aliphatic carbocycles. The van der Waals surface area contributed by atoms with Crippen LogP contribution in [-0.2, 0) is 11.3 Å². The second-order valence-electron chi connectivity index (χ2n) is 6.67. The molecule has 140 valence electrons. The van der Waals surface area contributed by atoms with Crippen LogP contribution in [0.15, 0.2) is 34.0 Å². The van der Waals surface area contributed by atoms with Crippen LogP contribution in [0.3, 0.4) is 0 Å². The van der Waals surface area contributed by atoms with E-state index in [2.05, 4.69) is 9.88 Å². The van der Waals surface area contributed by atoms with E-state index in [0.29, 0.717) is 12.3 Å². The first kappa shape index (κ1) is 19.3. The molecule has 1 amide bonds. The van der Waals surface area contributed by atoms with Gasteiger partial charge in [-0.05, 0) is 32.4 Å². The van der Waals surface area contributed by atoms with E-state index >= 15 is 0 Å². The highest BCUT2D eigenvalue weighted by atomic mass is 32.2. The molecule has 26 heavy (non-hydrogen) atoms. The van der Waals surface area contributed by atoms with Crippen LogP contribution in [0.1, 0.15) is 24.1 Å². The summed E-state index contributed by atoms with van der Waals surface area (Å²) in [5.41, 5.74) is 1.71. The fourth-order valence-corrected chi connectivity index (χ4v) is 4.96. The first-order chi connectivity index (χ1) is 12.5. The first-order valence-corrected chi connectivity index (χ1v) is 10.7. The molecule has 2 aromatic rings. The van der Waals surface area contributed by atoms with E-state index in [1.165, 1.54) is 17.8 Å². The number of likely N-dealkylation sites (N-methyl/N-ethyl adjacent to an activating group) is 1. The number of nitrogens with zero attached hydrogens (tertiary/aromatic N) is 3. The van der Waals surface area contributed by atoms with Crippen molar-refractivity contribution in [1.29, 1.82) is 0 Å². The number of thiazole rings is 1. The van der Waals surface area contributed by atoms with Crippen LogP contribution in [0.4, 0.5) is 4.39 Å². The van der Waals surface area contributed by atoms with Gasteiger partial charge in [0.05, 0.1) is 5.75 Å². The van der Waals surface area contributed by atoms with E-state index in [0.717, 1.165) is 41.5 Å². The summed E-state index contributed by atoms with van der Waals surface area (Å²) in [7, 11) is 1.88. The molecule has 0 N–H and O–H groups in total. The second-order valence-corrected chi connectivity index (χ2v) is 8.75. The minimum Gasteiger partial charge on any atom is -0.341 e. The van der Waals surface area contributed by atoms with Gasteiger partial charge in [0.15, 0.2) is 4.34 Å². The highest BCUT2D eigenvalue weighted by molar-refractivity contribution is 8.01. The number of hydrogen-bond donors (Lipinski definition) is 0. The Kier molecular flexibility index (Phi) is 6.67. The lowest BCUT2D eigenvalue weighted by Crippen LogP contribution is -2.48. The van der Waals surface area contributed by atoms with Gasteiger partial charge in [0.1, 0.15) is 5.82 Å². The molecule has 2 heterocycles. The topological polar surface area (TPSA) is 36.4 Å². The Morgan fingerprint density at radius 2 is 2.27 bits per heavy atom. The molecular weight excluding hydrogens is 369 g/mol. The third kappa shape index (κ3) is 5.05. The Balaban J connectivity index is 1.52. The predicted molar refractivity (Wildman–Crippen MR) is 105 cm³/mol. The van der Waals surface area contributed by atoms with E-state index in [4.69, 9.17) is 0 Å². The van der Waals surface area contributed by atoms with Crippen LogP contribution in [-0.4, -0.2) is 52.6 Å². The molecule has 1 aromatic heterocycles. The summed E-state index contributed by atoms with van der Waals surface area (Å²) >= 11 is 3.08. The van der Waals surface area contributed by atoms with E-state index in [-0.39, 0.29) is 17.8 Å². The third-order valence-electron chi connectivity index (χ3n) is 4.69. The summed E-state index contributed by atoms with van der Waals surface area (Å²) in [6.45, 7) is 4.29. The van der Waals surface area contributed by atoms with Crippen molar-refractivity contribution in [1.82, 2.24) is 14.8 Å². The number of carbonyl (C=O) groups excluding carboxylic acids is 1. The monoisotopic (exact) mass is 393 g/mol. The standard InChI is InChI=1S/C19H24FN3OS2/c1-14-12-25-19(21-14)26-13-18(24)22(2)16-7-5-9-23(11-16)10-15-6-3-4-8-17(15)20/h3-4,6,8,12,16H,5,7,9-11,13H2,1-2H3/t16-/m1/s1.